The number of benzene rings is 3. The second kappa shape index (κ2) is 15.3. The number of ether oxygens (including phenoxy) is 3. The minimum absolute atomic E-state index is 0.0130. The number of carbonyl (C=O) groups is 2. The molecule has 2 N–H and O–H groups in total. The molecule has 0 spiro atoms. The van der Waals surface area contributed by atoms with Gasteiger partial charge in [0.2, 0.25) is 5.90 Å². The van der Waals surface area contributed by atoms with Gasteiger partial charge in [0.25, 0.3) is 5.91 Å². The van der Waals surface area contributed by atoms with E-state index in [1.165, 1.54) is 0 Å². The molecule has 1 aliphatic heterocycles. The number of esters is 1. The van der Waals surface area contributed by atoms with Gasteiger partial charge in [0.15, 0.2) is 11.6 Å². The fourth-order valence-electron chi connectivity index (χ4n) is 4.87. The average Bonchev–Trinajstić information content (AvgIpc) is 3.40. The van der Waals surface area contributed by atoms with Gasteiger partial charge in [0.1, 0.15) is 11.4 Å². The summed E-state index contributed by atoms with van der Waals surface area (Å²) in [6.07, 6.45) is -0.860. The van der Waals surface area contributed by atoms with E-state index in [-0.39, 0.29) is 37.6 Å². The Kier molecular flexibility index (Phi) is 11.5. The number of aliphatic hydroxyl groups is 1. The van der Waals surface area contributed by atoms with E-state index in [0.717, 1.165) is 0 Å². The summed E-state index contributed by atoms with van der Waals surface area (Å²) in [5.74, 6) is -0.335. The molecule has 0 aromatic heterocycles. The lowest BCUT2D eigenvalue weighted by Gasteiger charge is -2.31. The fourth-order valence-corrected chi connectivity index (χ4v) is 5.35. The van der Waals surface area contributed by atoms with E-state index in [1.54, 1.807) is 87.5 Å². The van der Waals surface area contributed by atoms with Gasteiger partial charge in [0, 0.05) is 57.8 Å². The highest BCUT2D eigenvalue weighted by atomic mass is 35.5. The lowest BCUT2D eigenvalue weighted by molar-refractivity contribution is -0.155. The summed E-state index contributed by atoms with van der Waals surface area (Å²) in [6, 6.07) is 18.6. The molecule has 0 aliphatic carbocycles. The third-order valence-electron chi connectivity index (χ3n) is 6.99. The molecule has 3 aromatic carbocycles. The molecule has 0 saturated carbocycles. The zero-order chi connectivity index (χ0) is 33.3. The second-order valence-corrected chi connectivity index (χ2v) is 12.4. The van der Waals surface area contributed by atoms with Crippen LogP contribution in [-0.4, -0.2) is 47.2 Å². The van der Waals surface area contributed by atoms with Crippen LogP contribution in [0.25, 0.3) is 10.4 Å². The highest BCUT2D eigenvalue weighted by Crippen LogP contribution is 2.46. The number of rotatable bonds is 13. The van der Waals surface area contributed by atoms with Crippen LogP contribution in [0.5, 0.6) is 5.75 Å². The third kappa shape index (κ3) is 8.70. The van der Waals surface area contributed by atoms with Crippen molar-refractivity contribution in [1.82, 2.24) is 5.32 Å². The number of aliphatic imine (C=N–C) groups is 1. The first kappa shape index (κ1) is 34.6. The average molecular weight is 669 g/mol. The van der Waals surface area contributed by atoms with Crippen molar-refractivity contribution in [2.24, 2.45) is 10.1 Å². The molecule has 46 heavy (non-hydrogen) atoms. The largest absolute Gasteiger partial charge is 0.494 e. The molecule has 242 valence electrons. The van der Waals surface area contributed by atoms with E-state index in [9.17, 15) is 15.1 Å². The van der Waals surface area contributed by atoms with Crippen LogP contribution < -0.4 is 10.1 Å². The Hall–Kier alpha value is -4.28. The summed E-state index contributed by atoms with van der Waals surface area (Å²) in [5.41, 5.74) is 8.69. The van der Waals surface area contributed by atoms with Gasteiger partial charge in [-0.05, 0) is 74.7 Å². The van der Waals surface area contributed by atoms with Crippen LogP contribution in [0.3, 0.4) is 0 Å². The molecule has 1 heterocycles. The Balaban J connectivity index is 1.79. The highest BCUT2D eigenvalue weighted by Gasteiger charge is 2.54. The zero-order valence-corrected chi connectivity index (χ0v) is 27.2. The first-order valence-electron chi connectivity index (χ1n) is 14.6. The first-order valence-corrected chi connectivity index (χ1v) is 15.4. The fraction of sp³-hybridized carbons (Fsp3) is 0.364. The minimum atomic E-state index is -1.69. The van der Waals surface area contributed by atoms with Crippen molar-refractivity contribution in [2.45, 2.75) is 63.8 Å². The van der Waals surface area contributed by atoms with Crippen LogP contribution in [0, 0.1) is 0 Å². The van der Waals surface area contributed by atoms with Crippen molar-refractivity contribution in [3.8, 4) is 5.75 Å². The number of halogens is 2. The predicted octanol–water partition coefficient (Wildman–Crippen LogP) is 7.39. The Morgan fingerprint density at radius 3 is 2.54 bits per heavy atom. The van der Waals surface area contributed by atoms with E-state index < -0.39 is 29.1 Å². The van der Waals surface area contributed by atoms with Gasteiger partial charge in [-0.2, -0.15) is 0 Å². The van der Waals surface area contributed by atoms with Crippen molar-refractivity contribution in [2.75, 3.05) is 13.2 Å². The normalized spacial score (nSPS) is 17.3. The molecule has 4 rings (SSSR count). The van der Waals surface area contributed by atoms with Crippen molar-refractivity contribution in [3.05, 3.63) is 104 Å². The number of azide groups is 1. The maximum absolute atomic E-state index is 14.4. The molecule has 2 atom stereocenters. The topological polar surface area (TPSA) is 155 Å². The van der Waals surface area contributed by atoms with Gasteiger partial charge in [-0.25, -0.2) is 4.99 Å². The molecule has 0 fully saturated rings. The molecular weight excluding hydrogens is 633 g/mol. The Morgan fingerprint density at radius 1 is 1.13 bits per heavy atom. The summed E-state index contributed by atoms with van der Waals surface area (Å²) in [5, 5.41) is 16.6. The van der Waals surface area contributed by atoms with E-state index in [2.05, 4.69) is 15.3 Å². The molecule has 1 aliphatic rings. The molecule has 3 aromatic rings. The number of nitrogens with zero attached hydrogens (tertiary/aromatic N) is 4. The number of hydrogen-bond acceptors (Lipinski definition) is 8. The molecular formula is C33H35Cl2N5O6. The summed E-state index contributed by atoms with van der Waals surface area (Å²) >= 11 is 12.5. The molecule has 0 saturated heterocycles. The lowest BCUT2D eigenvalue weighted by Crippen LogP contribution is -2.48. The summed E-state index contributed by atoms with van der Waals surface area (Å²) in [4.78, 5) is 35.2. The van der Waals surface area contributed by atoms with Crippen LogP contribution in [0.15, 0.2) is 76.8 Å². The zero-order valence-electron chi connectivity index (χ0n) is 25.7. The number of amides is 1. The Labute approximate surface area is 277 Å². The van der Waals surface area contributed by atoms with Crippen molar-refractivity contribution < 1.29 is 28.9 Å². The highest BCUT2D eigenvalue weighted by molar-refractivity contribution is 6.35. The van der Waals surface area contributed by atoms with E-state index in [1.807, 2.05) is 0 Å². The molecule has 1 amide bonds. The monoisotopic (exact) mass is 667 g/mol. The van der Waals surface area contributed by atoms with Gasteiger partial charge in [-0.3, -0.25) is 9.59 Å². The van der Waals surface area contributed by atoms with Gasteiger partial charge in [-0.1, -0.05) is 58.6 Å². The molecule has 11 nitrogen and oxygen atoms in total. The van der Waals surface area contributed by atoms with Crippen molar-refractivity contribution >= 4 is 46.7 Å². The van der Waals surface area contributed by atoms with E-state index in [4.69, 9.17) is 47.5 Å². The summed E-state index contributed by atoms with van der Waals surface area (Å²) in [7, 11) is 0. The Bertz CT molecular complexity index is 1640. The van der Waals surface area contributed by atoms with E-state index in [0.29, 0.717) is 45.5 Å². The summed E-state index contributed by atoms with van der Waals surface area (Å²) in [6.45, 7) is 5.67. The molecule has 0 unspecified atom stereocenters. The first-order chi connectivity index (χ1) is 22.0. The quantitative estimate of drug-likeness (QED) is 0.0636. The predicted molar refractivity (Wildman–Crippen MR) is 175 cm³/mol. The van der Waals surface area contributed by atoms with Gasteiger partial charge >= 0.3 is 5.97 Å². The van der Waals surface area contributed by atoms with Crippen molar-refractivity contribution in [3.63, 3.8) is 0 Å². The van der Waals surface area contributed by atoms with Crippen LogP contribution in [0.4, 0.5) is 5.69 Å². The van der Waals surface area contributed by atoms with Crippen LogP contribution >= 0.6 is 23.2 Å². The SMILES string of the molecule is CC(C)(C)OC(=O)CC[C@@]1(C(=O)NCc2ccc(Cl)cc2Cl)N=C(c2ccc(OCCCO)cc2)O[C@@H]1c1ccccc1N=[N+]=[N-]. The third-order valence-corrected chi connectivity index (χ3v) is 7.57. The van der Waals surface area contributed by atoms with Gasteiger partial charge < -0.3 is 24.6 Å². The maximum atomic E-state index is 14.4. The van der Waals surface area contributed by atoms with Crippen molar-refractivity contribution in [1.29, 1.82) is 0 Å². The molecule has 0 bridgehead atoms. The Morgan fingerprint density at radius 2 is 1.87 bits per heavy atom. The lowest BCUT2D eigenvalue weighted by atomic mass is 9.82. The van der Waals surface area contributed by atoms with Gasteiger partial charge in [0.05, 0.1) is 6.61 Å². The number of aliphatic hydroxyl groups excluding tert-OH is 1. The van der Waals surface area contributed by atoms with Crippen LogP contribution in [-0.2, 0) is 25.6 Å². The van der Waals surface area contributed by atoms with Crippen LogP contribution in [0.1, 0.15) is 62.8 Å². The molecule has 13 heteroatoms. The standard InChI is InChI=1S/C33H35Cl2N5O6/c1-32(2,3)46-28(42)15-16-33(31(43)37-20-22-9-12-23(34)19-26(22)35)29(25-7-4-5-8-27(25)39-40-36)45-30(38-33)21-10-13-24(14-11-21)44-18-6-17-41/h4-5,7-14,19,29,41H,6,15-18,20H2,1-3H3,(H,37,43)/t29-,33-/m1/s1. The minimum Gasteiger partial charge on any atom is -0.494 e. The number of nitrogens with one attached hydrogen (secondary N) is 1. The second-order valence-electron chi connectivity index (χ2n) is 11.5. The van der Waals surface area contributed by atoms with E-state index >= 15 is 0 Å². The van der Waals surface area contributed by atoms with Crippen LogP contribution in [0.2, 0.25) is 10.0 Å². The number of hydrogen-bond donors (Lipinski definition) is 2. The number of carbonyl (C=O) groups excluding carboxylic acids is 2. The van der Waals surface area contributed by atoms with Gasteiger partial charge in [-0.15, -0.1) is 0 Å². The smallest absolute Gasteiger partial charge is 0.306 e. The molecule has 0 radical (unpaired) electrons. The maximum Gasteiger partial charge on any atom is 0.306 e. The summed E-state index contributed by atoms with van der Waals surface area (Å²) < 4.78 is 17.7.